The molecular weight excluding hydrogens is 210 g/mol. The molecule has 92 valence electrons. The molecule has 3 atom stereocenters. The molecule has 1 aliphatic carbocycles. The second-order valence-electron chi connectivity index (χ2n) is 5.64. The van der Waals surface area contributed by atoms with Gasteiger partial charge in [-0.1, -0.05) is 31.5 Å². The Balaban J connectivity index is 1.86. The van der Waals surface area contributed by atoms with E-state index in [2.05, 4.69) is 25.1 Å². The van der Waals surface area contributed by atoms with Crippen LogP contribution in [-0.2, 0) is 6.42 Å². The van der Waals surface area contributed by atoms with E-state index < -0.39 is 0 Å². The number of ether oxygens (including phenoxy) is 1. The minimum Gasteiger partial charge on any atom is -0.493 e. The Morgan fingerprint density at radius 1 is 1.35 bits per heavy atom. The van der Waals surface area contributed by atoms with Crippen molar-refractivity contribution >= 4 is 0 Å². The highest BCUT2D eigenvalue weighted by molar-refractivity contribution is 5.45. The highest BCUT2D eigenvalue weighted by Gasteiger charge is 2.30. The van der Waals surface area contributed by atoms with E-state index in [9.17, 15) is 0 Å². The molecule has 1 aliphatic heterocycles. The van der Waals surface area contributed by atoms with E-state index in [0.717, 1.165) is 24.7 Å². The third-order valence-electron chi connectivity index (χ3n) is 4.35. The maximum Gasteiger partial charge on any atom is 0.127 e. The molecule has 3 rings (SSSR count). The van der Waals surface area contributed by atoms with E-state index >= 15 is 0 Å². The molecule has 0 aromatic heterocycles. The van der Waals surface area contributed by atoms with Gasteiger partial charge in [0.05, 0.1) is 6.61 Å². The topological polar surface area (TPSA) is 35.2 Å². The zero-order valence-corrected chi connectivity index (χ0v) is 10.5. The Bertz CT molecular complexity index is 415. The van der Waals surface area contributed by atoms with Gasteiger partial charge in [-0.2, -0.15) is 0 Å². The molecule has 0 spiro atoms. The van der Waals surface area contributed by atoms with Gasteiger partial charge in [-0.3, -0.25) is 0 Å². The lowest BCUT2D eigenvalue weighted by molar-refractivity contribution is 0.342. The summed E-state index contributed by atoms with van der Waals surface area (Å²) in [5, 5.41) is 0. The first kappa shape index (κ1) is 11.1. The van der Waals surface area contributed by atoms with E-state index in [1.807, 2.05) is 0 Å². The SMILES string of the molecule is CC1CCC(C(N)c2cccc3c2OCC3)C1. The van der Waals surface area contributed by atoms with Crippen LogP contribution < -0.4 is 10.5 Å². The fourth-order valence-electron chi connectivity index (χ4n) is 3.33. The van der Waals surface area contributed by atoms with Crippen LogP contribution in [0, 0.1) is 11.8 Å². The highest BCUT2D eigenvalue weighted by atomic mass is 16.5. The van der Waals surface area contributed by atoms with E-state index in [-0.39, 0.29) is 6.04 Å². The van der Waals surface area contributed by atoms with Gasteiger partial charge in [-0.05, 0) is 30.2 Å². The monoisotopic (exact) mass is 231 g/mol. The highest BCUT2D eigenvalue weighted by Crippen LogP contribution is 2.42. The summed E-state index contributed by atoms with van der Waals surface area (Å²) in [6.07, 6.45) is 4.90. The van der Waals surface area contributed by atoms with E-state index in [4.69, 9.17) is 10.5 Å². The maximum atomic E-state index is 6.46. The summed E-state index contributed by atoms with van der Waals surface area (Å²) >= 11 is 0. The molecule has 0 bridgehead atoms. The quantitative estimate of drug-likeness (QED) is 0.849. The largest absolute Gasteiger partial charge is 0.493 e. The normalized spacial score (nSPS) is 28.8. The lowest BCUT2D eigenvalue weighted by Crippen LogP contribution is -2.20. The van der Waals surface area contributed by atoms with Crippen molar-refractivity contribution in [2.75, 3.05) is 6.61 Å². The van der Waals surface area contributed by atoms with Gasteiger partial charge in [0.25, 0.3) is 0 Å². The van der Waals surface area contributed by atoms with Crippen LogP contribution in [-0.4, -0.2) is 6.61 Å². The molecule has 0 saturated heterocycles. The molecule has 2 N–H and O–H groups in total. The van der Waals surface area contributed by atoms with Gasteiger partial charge in [0.15, 0.2) is 0 Å². The first-order valence-corrected chi connectivity index (χ1v) is 6.76. The first-order chi connectivity index (χ1) is 8.25. The predicted molar refractivity (Wildman–Crippen MR) is 69.1 cm³/mol. The zero-order chi connectivity index (χ0) is 11.8. The molecule has 1 aromatic rings. The Kier molecular flexibility index (Phi) is 2.83. The number of para-hydroxylation sites is 1. The van der Waals surface area contributed by atoms with Crippen molar-refractivity contribution in [1.82, 2.24) is 0 Å². The van der Waals surface area contributed by atoms with Crippen molar-refractivity contribution in [1.29, 1.82) is 0 Å². The molecule has 2 aliphatic rings. The average Bonchev–Trinajstić information content (AvgIpc) is 2.95. The van der Waals surface area contributed by atoms with E-state index in [1.165, 1.54) is 30.4 Å². The van der Waals surface area contributed by atoms with Gasteiger partial charge in [0.2, 0.25) is 0 Å². The van der Waals surface area contributed by atoms with E-state index in [0.29, 0.717) is 5.92 Å². The van der Waals surface area contributed by atoms with Crippen LogP contribution in [0.25, 0.3) is 0 Å². The van der Waals surface area contributed by atoms with Crippen molar-refractivity contribution in [3.63, 3.8) is 0 Å². The lowest BCUT2D eigenvalue weighted by Gasteiger charge is -2.21. The van der Waals surface area contributed by atoms with Crippen LogP contribution >= 0.6 is 0 Å². The minimum atomic E-state index is 0.160. The molecule has 1 aromatic carbocycles. The van der Waals surface area contributed by atoms with Crippen molar-refractivity contribution in [2.24, 2.45) is 17.6 Å². The van der Waals surface area contributed by atoms with Crippen LogP contribution in [0.5, 0.6) is 5.75 Å². The molecule has 17 heavy (non-hydrogen) atoms. The molecule has 0 radical (unpaired) electrons. The van der Waals surface area contributed by atoms with Gasteiger partial charge >= 0.3 is 0 Å². The fourth-order valence-corrected chi connectivity index (χ4v) is 3.33. The standard InChI is InChI=1S/C15H21NO/c1-10-5-6-12(9-10)14(16)13-4-2-3-11-7-8-17-15(11)13/h2-4,10,12,14H,5-9,16H2,1H3. The van der Waals surface area contributed by atoms with Crippen LogP contribution in [0.4, 0.5) is 0 Å². The van der Waals surface area contributed by atoms with E-state index in [1.54, 1.807) is 0 Å². The third kappa shape index (κ3) is 1.95. The van der Waals surface area contributed by atoms with Crippen molar-refractivity contribution in [2.45, 2.75) is 38.6 Å². The van der Waals surface area contributed by atoms with Crippen molar-refractivity contribution in [3.8, 4) is 5.75 Å². The third-order valence-corrected chi connectivity index (χ3v) is 4.35. The van der Waals surface area contributed by atoms with Crippen LogP contribution in [0.3, 0.4) is 0 Å². The summed E-state index contributed by atoms with van der Waals surface area (Å²) in [6, 6.07) is 6.60. The van der Waals surface area contributed by atoms with Gasteiger partial charge in [0.1, 0.15) is 5.75 Å². The fraction of sp³-hybridized carbons (Fsp3) is 0.600. The summed E-state index contributed by atoms with van der Waals surface area (Å²) in [6.45, 7) is 3.15. The molecule has 1 heterocycles. The number of fused-ring (bicyclic) bond motifs is 1. The maximum absolute atomic E-state index is 6.46. The van der Waals surface area contributed by atoms with Gasteiger partial charge < -0.3 is 10.5 Å². The molecule has 2 heteroatoms. The second-order valence-corrected chi connectivity index (χ2v) is 5.64. The van der Waals surface area contributed by atoms with Crippen LogP contribution in [0.2, 0.25) is 0 Å². The van der Waals surface area contributed by atoms with Gasteiger partial charge in [-0.25, -0.2) is 0 Å². The second kappa shape index (κ2) is 4.34. The Hall–Kier alpha value is -1.02. The molecule has 1 saturated carbocycles. The number of rotatable bonds is 2. The summed E-state index contributed by atoms with van der Waals surface area (Å²) in [5.74, 6) is 2.56. The minimum absolute atomic E-state index is 0.160. The average molecular weight is 231 g/mol. The van der Waals surface area contributed by atoms with Crippen molar-refractivity contribution in [3.05, 3.63) is 29.3 Å². The first-order valence-electron chi connectivity index (χ1n) is 6.76. The zero-order valence-electron chi connectivity index (χ0n) is 10.5. The molecule has 2 nitrogen and oxygen atoms in total. The smallest absolute Gasteiger partial charge is 0.127 e. The van der Waals surface area contributed by atoms with Gasteiger partial charge in [0, 0.05) is 18.0 Å². The number of nitrogens with two attached hydrogens (primary N) is 1. The molecule has 0 amide bonds. The summed E-state index contributed by atoms with van der Waals surface area (Å²) < 4.78 is 5.76. The van der Waals surface area contributed by atoms with Crippen LogP contribution in [0.15, 0.2) is 18.2 Å². The number of benzene rings is 1. The van der Waals surface area contributed by atoms with Crippen LogP contribution in [0.1, 0.15) is 43.4 Å². The molecule has 3 unspecified atom stereocenters. The Morgan fingerprint density at radius 2 is 2.24 bits per heavy atom. The predicted octanol–water partition coefficient (Wildman–Crippen LogP) is 3.06. The number of hydrogen-bond acceptors (Lipinski definition) is 2. The summed E-state index contributed by atoms with van der Waals surface area (Å²) in [7, 11) is 0. The van der Waals surface area contributed by atoms with Gasteiger partial charge in [-0.15, -0.1) is 0 Å². The molecular formula is C15H21NO. The lowest BCUT2D eigenvalue weighted by atomic mass is 9.90. The van der Waals surface area contributed by atoms with Crippen molar-refractivity contribution < 1.29 is 4.74 Å². The molecule has 1 fully saturated rings. The Labute approximate surface area is 103 Å². The Morgan fingerprint density at radius 3 is 3.00 bits per heavy atom. The summed E-state index contributed by atoms with van der Waals surface area (Å²) in [4.78, 5) is 0. The number of hydrogen-bond donors (Lipinski definition) is 1. The summed E-state index contributed by atoms with van der Waals surface area (Å²) in [5.41, 5.74) is 9.03.